The van der Waals surface area contributed by atoms with Crippen molar-refractivity contribution >= 4 is 34.3 Å². The van der Waals surface area contributed by atoms with Gasteiger partial charge in [0.1, 0.15) is 5.41 Å². The molecule has 6 heteroatoms. The quantitative estimate of drug-likeness (QED) is 0.588. The van der Waals surface area contributed by atoms with E-state index in [0.29, 0.717) is 17.9 Å². The number of carbonyl (C=O) groups is 2. The van der Waals surface area contributed by atoms with Crippen LogP contribution in [0.15, 0.2) is 42.5 Å². The maximum absolute atomic E-state index is 12.4. The van der Waals surface area contributed by atoms with E-state index in [-0.39, 0.29) is 12.5 Å². The molecule has 1 saturated carbocycles. The predicted octanol–water partition coefficient (Wildman–Crippen LogP) is 3.68. The van der Waals surface area contributed by atoms with Gasteiger partial charge in [0.15, 0.2) is 0 Å². The Balaban J connectivity index is 1.69. The summed E-state index contributed by atoms with van der Waals surface area (Å²) in [6, 6.07) is 13.8. The molecule has 1 fully saturated rings. The van der Waals surface area contributed by atoms with Crippen molar-refractivity contribution in [2.75, 3.05) is 0 Å². The number of amides is 2. The molecule has 1 aliphatic rings. The summed E-state index contributed by atoms with van der Waals surface area (Å²) in [5, 5.41) is 4.47. The molecular formula is C21H20ClN3O2. The number of nitrogens with one attached hydrogen (secondary N) is 2. The largest absolute Gasteiger partial charge is 0.369 e. The average molecular weight is 382 g/mol. The lowest BCUT2D eigenvalue weighted by Gasteiger charge is -2.12. The number of nitrogens with two attached hydrogens (primary N) is 1. The zero-order chi connectivity index (χ0) is 19.2. The molecule has 1 aliphatic carbocycles. The molecule has 1 aromatic heterocycles. The standard InChI is InChI=1S/C21H20ClN3O2/c1-12-16-10-15(22)9-14(11-24-20(27)21(7-8-21)19(23)26)18(16)25-17(12)13-5-3-2-4-6-13/h2-6,9-10,25H,7-8,11H2,1H3,(H2,23,26)(H,24,27). The Hall–Kier alpha value is -2.79. The number of H-pyrrole nitrogens is 1. The number of aromatic nitrogens is 1. The van der Waals surface area contributed by atoms with Crippen LogP contribution in [0.3, 0.4) is 0 Å². The third-order valence-corrected chi connectivity index (χ3v) is 5.59. The van der Waals surface area contributed by atoms with Gasteiger partial charge in [-0.05, 0) is 48.6 Å². The minimum Gasteiger partial charge on any atom is -0.369 e. The molecule has 4 N–H and O–H groups in total. The Morgan fingerprint density at radius 2 is 1.93 bits per heavy atom. The molecule has 4 rings (SSSR count). The number of fused-ring (bicyclic) bond motifs is 1. The number of rotatable bonds is 5. The van der Waals surface area contributed by atoms with Gasteiger partial charge in [-0.2, -0.15) is 0 Å². The molecule has 0 atom stereocenters. The van der Waals surface area contributed by atoms with Crippen LogP contribution in [0.1, 0.15) is 24.0 Å². The van der Waals surface area contributed by atoms with Crippen molar-refractivity contribution in [2.45, 2.75) is 26.3 Å². The number of hydrogen-bond donors (Lipinski definition) is 3. The number of halogens is 1. The Kier molecular flexibility index (Phi) is 4.19. The van der Waals surface area contributed by atoms with Crippen LogP contribution in [0, 0.1) is 12.3 Å². The Morgan fingerprint density at radius 1 is 1.22 bits per heavy atom. The number of carbonyl (C=O) groups excluding carboxylic acids is 2. The number of hydrogen-bond acceptors (Lipinski definition) is 2. The molecule has 0 unspecified atom stereocenters. The van der Waals surface area contributed by atoms with Crippen molar-refractivity contribution in [1.29, 1.82) is 0 Å². The van der Waals surface area contributed by atoms with Crippen molar-refractivity contribution in [3.63, 3.8) is 0 Å². The van der Waals surface area contributed by atoms with Crippen LogP contribution < -0.4 is 11.1 Å². The molecule has 0 aliphatic heterocycles. The van der Waals surface area contributed by atoms with Gasteiger partial charge in [0.2, 0.25) is 11.8 Å². The first-order chi connectivity index (χ1) is 12.9. The SMILES string of the molecule is Cc1c(-c2ccccc2)[nH]c2c(CNC(=O)C3(C(N)=O)CC3)cc(Cl)cc12. The highest BCUT2D eigenvalue weighted by Crippen LogP contribution is 2.45. The van der Waals surface area contributed by atoms with Gasteiger partial charge in [0.05, 0.1) is 5.52 Å². The van der Waals surface area contributed by atoms with Crippen LogP contribution in [-0.2, 0) is 16.1 Å². The van der Waals surface area contributed by atoms with Crippen molar-refractivity contribution in [3.05, 3.63) is 58.6 Å². The van der Waals surface area contributed by atoms with Gasteiger partial charge in [0.25, 0.3) is 0 Å². The molecular weight excluding hydrogens is 362 g/mol. The zero-order valence-corrected chi connectivity index (χ0v) is 15.7. The van der Waals surface area contributed by atoms with Gasteiger partial charge in [-0.15, -0.1) is 0 Å². The van der Waals surface area contributed by atoms with Crippen LogP contribution in [0.2, 0.25) is 5.02 Å². The number of aromatic amines is 1. The van der Waals surface area contributed by atoms with E-state index in [1.54, 1.807) is 0 Å². The highest BCUT2D eigenvalue weighted by molar-refractivity contribution is 6.31. The van der Waals surface area contributed by atoms with E-state index in [1.807, 2.05) is 49.4 Å². The van der Waals surface area contributed by atoms with E-state index in [2.05, 4.69) is 10.3 Å². The molecule has 2 amide bonds. The summed E-state index contributed by atoms with van der Waals surface area (Å²) in [6.45, 7) is 2.32. The lowest BCUT2D eigenvalue weighted by Crippen LogP contribution is -2.40. The third kappa shape index (κ3) is 2.98. The third-order valence-electron chi connectivity index (χ3n) is 5.37. The molecule has 3 aromatic rings. The van der Waals surface area contributed by atoms with Crippen LogP contribution in [0.5, 0.6) is 0 Å². The predicted molar refractivity (Wildman–Crippen MR) is 106 cm³/mol. The lowest BCUT2D eigenvalue weighted by atomic mass is 10.0. The zero-order valence-electron chi connectivity index (χ0n) is 14.9. The smallest absolute Gasteiger partial charge is 0.235 e. The highest BCUT2D eigenvalue weighted by atomic mass is 35.5. The Bertz CT molecular complexity index is 1050. The van der Waals surface area contributed by atoms with Crippen molar-refractivity contribution < 1.29 is 9.59 Å². The van der Waals surface area contributed by atoms with E-state index in [0.717, 1.165) is 33.3 Å². The molecule has 0 bridgehead atoms. The van der Waals surface area contributed by atoms with Crippen molar-refractivity contribution in [1.82, 2.24) is 10.3 Å². The van der Waals surface area contributed by atoms with Gasteiger partial charge in [0, 0.05) is 22.6 Å². The molecule has 1 heterocycles. The molecule has 27 heavy (non-hydrogen) atoms. The van der Waals surface area contributed by atoms with E-state index < -0.39 is 11.3 Å². The van der Waals surface area contributed by atoms with Crippen LogP contribution in [-0.4, -0.2) is 16.8 Å². The number of aryl methyl sites for hydroxylation is 1. The summed E-state index contributed by atoms with van der Waals surface area (Å²) in [5.74, 6) is -0.868. The van der Waals surface area contributed by atoms with Crippen molar-refractivity contribution in [3.8, 4) is 11.3 Å². The fourth-order valence-corrected chi connectivity index (χ4v) is 3.79. The van der Waals surface area contributed by atoms with Crippen molar-refractivity contribution in [2.24, 2.45) is 11.1 Å². The Labute approximate surface area is 161 Å². The minimum atomic E-state index is -1.03. The van der Waals surface area contributed by atoms with E-state index in [9.17, 15) is 9.59 Å². The summed E-state index contributed by atoms with van der Waals surface area (Å²) >= 11 is 6.32. The van der Waals surface area contributed by atoms with Gasteiger partial charge < -0.3 is 16.0 Å². The molecule has 2 aromatic carbocycles. The second-order valence-electron chi connectivity index (χ2n) is 7.11. The maximum Gasteiger partial charge on any atom is 0.235 e. The first-order valence-corrected chi connectivity index (χ1v) is 9.24. The lowest BCUT2D eigenvalue weighted by molar-refractivity contribution is -0.135. The second-order valence-corrected chi connectivity index (χ2v) is 7.54. The van der Waals surface area contributed by atoms with Gasteiger partial charge in [-0.3, -0.25) is 9.59 Å². The topological polar surface area (TPSA) is 88.0 Å². The molecule has 5 nitrogen and oxygen atoms in total. The molecule has 0 spiro atoms. The first-order valence-electron chi connectivity index (χ1n) is 8.87. The average Bonchev–Trinajstić information content (AvgIpc) is 3.41. The van der Waals surface area contributed by atoms with E-state index in [1.165, 1.54) is 0 Å². The van der Waals surface area contributed by atoms with Gasteiger partial charge in [-0.1, -0.05) is 41.9 Å². The van der Waals surface area contributed by atoms with Crippen LogP contribution >= 0.6 is 11.6 Å². The summed E-state index contributed by atoms with van der Waals surface area (Å²) in [7, 11) is 0. The van der Waals surface area contributed by atoms with E-state index in [4.69, 9.17) is 17.3 Å². The van der Waals surface area contributed by atoms with E-state index >= 15 is 0 Å². The normalized spacial score (nSPS) is 14.9. The number of benzene rings is 2. The van der Waals surface area contributed by atoms with Crippen LogP contribution in [0.4, 0.5) is 0 Å². The minimum absolute atomic E-state index is 0.277. The second kappa shape index (κ2) is 6.43. The summed E-state index contributed by atoms with van der Waals surface area (Å²) in [4.78, 5) is 27.4. The fraction of sp³-hybridized carbons (Fsp3) is 0.238. The summed E-state index contributed by atoms with van der Waals surface area (Å²) in [5.41, 5.74) is 9.36. The molecule has 0 saturated heterocycles. The molecule has 138 valence electrons. The monoisotopic (exact) mass is 381 g/mol. The summed E-state index contributed by atoms with van der Waals surface area (Å²) < 4.78 is 0. The number of primary amides is 1. The van der Waals surface area contributed by atoms with Gasteiger partial charge >= 0.3 is 0 Å². The maximum atomic E-state index is 12.4. The Morgan fingerprint density at radius 3 is 2.56 bits per heavy atom. The van der Waals surface area contributed by atoms with Crippen LogP contribution in [0.25, 0.3) is 22.2 Å². The van der Waals surface area contributed by atoms with Gasteiger partial charge in [-0.25, -0.2) is 0 Å². The summed E-state index contributed by atoms with van der Waals surface area (Å²) in [6.07, 6.45) is 1.03. The molecule has 0 radical (unpaired) electrons. The fourth-order valence-electron chi connectivity index (χ4n) is 3.55. The highest BCUT2D eigenvalue weighted by Gasteiger charge is 2.55. The first kappa shape index (κ1) is 17.6.